The number of methoxy groups -OCH3 is 1. The number of hydrogen-bond acceptors (Lipinski definition) is 5. The van der Waals surface area contributed by atoms with Gasteiger partial charge in [-0.3, -0.25) is 0 Å². The summed E-state index contributed by atoms with van der Waals surface area (Å²) in [5.74, 6) is 0. The van der Waals surface area contributed by atoms with Crippen LogP contribution in [0.25, 0.3) is 0 Å². The minimum absolute atomic E-state index is 0.173. The topological polar surface area (TPSA) is 68.2 Å². The third kappa shape index (κ3) is 3.12. The van der Waals surface area contributed by atoms with Crippen molar-refractivity contribution in [1.82, 2.24) is 0 Å². The number of ether oxygens (including phenoxy) is 3. The van der Waals surface area contributed by atoms with Crippen LogP contribution in [0.5, 0.6) is 0 Å². The predicted molar refractivity (Wildman–Crippen MR) is 53.4 cm³/mol. The third-order valence-corrected chi connectivity index (χ3v) is 2.51. The Kier molecular flexibility index (Phi) is 5.49. The Hall–Kier alpha value is -0.200. The summed E-state index contributed by atoms with van der Waals surface area (Å²) in [7, 11) is 1.46. The van der Waals surface area contributed by atoms with E-state index in [2.05, 4.69) is 6.92 Å². The zero-order valence-corrected chi connectivity index (χ0v) is 9.26. The third-order valence-electron chi connectivity index (χ3n) is 2.51. The standard InChI is InChI=1S/C10H20O5/c1-3-4-5-14-9-7(6-11)15-10(13-2)8(9)12/h7-12H,3-6H2,1-2H3/t7-,8?,9-,10-/m1/s1. The highest BCUT2D eigenvalue weighted by Crippen LogP contribution is 2.24. The highest BCUT2D eigenvalue weighted by Gasteiger charge is 2.44. The van der Waals surface area contributed by atoms with E-state index in [1.807, 2.05) is 0 Å². The Morgan fingerprint density at radius 3 is 2.67 bits per heavy atom. The van der Waals surface area contributed by atoms with Gasteiger partial charge in [-0.1, -0.05) is 13.3 Å². The van der Waals surface area contributed by atoms with Crippen molar-refractivity contribution in [3.63, 3.8) is 0 Å². The van der Waals surface area contributed by atoms with Crippen molar-refractivity contribution in [3.8, 4) is 0 Å². The second-order valence-electron chi connectivity index (χ2n) is 3.64. The number of hydrogen-bond donors (Lipinski definition) is 2. The van der Waals surface area contributed by atoms with E-state index in [0.717, 1.165) is 12.8 Å². The van der Waals surface area contributed by atoms with Crippen LogP contribution in [-0.2, 0) is 14.2 Å². The highest BCUT2D eigenvalue weighted by atomic mass is 16.7. The second kappa shape index (κ2) is 6.40. The number of rotatable bonds is 6. The van der Waals surface area contributed by atoms with Crippen LogP contribution in [0.15, 0.2) is 0 Å². The van der Waals surface area contributed by atoms with Gasteiger partial charge in [-0.15, -0.1) is 0 Å². The molecule has 15 heavy (non-hydrogen) atoms. The van der Waals surface area contributed by atoms with Crippen molar-refractivity contribution in [2.24, 2.45) is 0 Å². The van der Waals surface area contributed by atoms with Gasteiger partial charge >= 0.3 is 0 Å². The molecule has 0 aromatic heterocycles. The van der Waals surface area contributed by atoms with Crippen LogP contribution in [0.4, 0.5) is 0 Å². The van der Waals surface area contributed by atoms with Crippen LogP contribution < -0.4 is 0 Å². The Morgan fingerprint density at radius 2 is 2.13 bits per heavy atom. The largest absolute Gasteiger partial charge is 0.394 e. The first kappa shape index (κ1) is 12.9. The molecule has 1 unspecified atom stereocenters. The van der Waals surface area contributed by atoms with Gasteiger partial charge in [0, 0.05) is 13.7 Å². The molecular formula is C10H20O5. The SMILES string of the molecule is CCCCO[C@H]1C(O)[C@H](OC)O[C@@H]1CO. The van der Waals surface area contributed by atoms with Crippen molar-refractivity contribution in [3.05, 3.63) is 0 Å². The van der Waals surface area contributed by atoms with Gasteiger partial charge < -0.3 is 24.4 Å². The average molecular weight is 220 g/mol. The summed E-state index contributed by atoms with van der Waals surface area (Å²) < 4.78 is 15.7. The summed E-state index contributed by atoms with van der Waals surface area (Å²) in [6.07, 6.45) is -0.564. The number of aliphatic hydroxyl groups is 2. The molecule has 2 N–H and O–H groups in total. The van der Waals surface area contributed by atoms with Crippen LogP contribution in [-0.4, -0.2) is 55.1 Å². The molecule has 90 valence electrons. The summed E-state index contributed by atoms with van der Waals surface area (Å²) in [6, 6.07) is 0. The molecule has 0 bridgehead atoms. The molecule has 1 saturated heterocycles. The van der Waals surface area contributed by atoms with Crippen LogP contribution in [0.2, 0.25) is 0 Å². The van der Waals surface area contributed by atoms with Gasteiger partial charge in [0.1, 0.15) is 18.3 Å². The Labute approximate surface area is 89.9 Å². The van der Waals surface area contributed by atoms with Crippen molar-refractivity contribution < 1.29 is 24.4 Å². The number of unbranched alkanes of at least 4 members (excludes halogenated alkanes) is 1. The first-order chi connectivity index (χ1) is 7.24. The molecule has 0 radical (unpaired) electrons. The quantitative estimate of drug-likeness (QED) is 0.612. The maximum absolute atomic E-state index is 9.76. The zero-order valence-electron chi connectivity index (χ0n) is 9.26. The van der Waals surface area contributed by atoms with E-state index in [4.69, 9.17) is 19.3 Å². The predicted octanol–water partition coefficient (Wildman–Crippen LogP) is -0.104. The van der Waals surface area contributed by atoms with Gasteiger partial charge in [-0.25, -0.2) is 0 Å². The van der Waals surface area contributed by atoms with Gasteiger partial charge in [0.05, 0.1) is 6.61 Å². The fraction of sp³-hybridized carbons (Fsp3) is 1.00. The molecule has 0 spiro atoms. The Bertz CT molecular complexity index is 173. The summed E-state index contributed by atoms with van der Waals surface area (Å²) in [5, 5.41) is 18.8. The molecule has 0 saturated carbocycles. The summed E-state index contributed by atoms with van der Waals surface area (Å²) in [6.45, 7) is 2.45. The molecule has 5 heteroatoms. The van der Waals surface area contributed by atoms with Crippen LogP contribution in [0.1, 0.15) is 19.8 Å². The van der Waals surface area contributed by atoms with Crippen molar-refractivity contribution >= 4 is 0 Å². The van der Waals surface area contributed by atoms with E-state index < -0.39 is 24.6 Å². The summed E-state index contributed by atoms with van der Waals surface area (Å²) in [5.41, 5.74) is 0. The molecule has 1 fully saturated rings. The van der Waals surface area contributed by atoms with Crippen molar-refractivity contribution in [2.75, 3.05) is 20.3 Å². The van der Waals surface area contributed by atoms with Gasteiger partial charge in [0.15, 0.2) is 6.29 Å². The monoisotopic (exact) mass is 220 g/mol. The van der Waals surface area contributed by atoms with Gasteiger partial charge in [0.2, 0.25) is 0 Å². The fourth-order valence-electron chi connectivity index (χ4n) is 1.62. The van der Waals surface area contributed by atoms with Gasteiger partial charge in [0.25, 0.3) is 0 Å². The average Bonchev–Trinajstić information content (AvgIpc) is 2.56. The lowest BCUT2D eigenvalue weighted by atomic mass is 10.1. The second-order valence-corrected chi connectivity index (χ2v) is 3.64. The molecule has 1 rings (SSSR count). The molecule has 0 amide bonds. The molecule has 0 aliphatic carbocycles. The number of aliphatic hydroxyl groups excluding tert-OH is 2. The van der Waals surface area contributed by atoms with E-state index >= 15 is 0 Å². The van der Waals surface area contributed by atoms with Crippen LogP contribution in [0, 0.1) is 0 Å². The Balaban J connectivity index is 2.44. The molecule has 5 nitrogen and oxygen atoms in total. The maximum Gasteiger partial charge on any atom is 0.186 e. The minimum Gasteiger partial charge on any atom is -0.394 e. The highest BCUT2D eigenvalue weighted by molar-refractivity contribution is 4.87. The van der Waals surface area contributed by atoms with Crippen LogP contribution >= 0.6 is 0 Å². The molecular weight excluding hydrogens is 200 g/mol. The van der Waals surface area contributed by atoms with Gasteiger partial charge in [-0.05, 0) is 6.42 Å². The molecule has 4 atom stereocenters. The van der Waals surface area contributed by atoms with Crippen molar-refractivity contribution in [2.45, 2.75) is 44.4 Å². The first-order valence-electron chi connectivity index (χ1n) is 5.33. The summed E-state index contributed by atoms with van der Waals surface area (Å²) >= 11 is 0. The minimum atomic E-state index is -0.830. The Morgan fingerprint density at radius 1 is 1.40 bits per heavy atom. The lowest BCUT2D eigenvalue weighted by molar-refractivity contribution is -0.153. The van der Waals surface area contributed by atoms with E-state index in [1.54, 1.807) is 0 Å². The van der Waals surface area contributed by atoms with E-state index in [-0.39, 0.29) is 6.61 Å². The molecule has 0 aromatic rings. The molecule has 1 aliphatic heterocycles. The van der Waals surface area contributed by atoms with E-state index in [1.165, 1.54) is 7.11 Å². The molecule has 0 aromatic carbocycles. The lowest BCUT2D eigenvalue weighted by Crippen LogP contribution is -2.37. The molecule has 1 heterocycles. The zero-order chi connectivity index (χ0) is 11.3. The van der Waals surface area contributed by atoms with Gasteiger partial charge in [-0.2, -0.15) is 0 Å². The van der Waals surface area contributed by atoms with E-state index in [0.29, 0.717) is 6.61 Å². The smallest absolute Gasteiger partial charge is 0.186 e. The maximum atomic E-state index is 9.76. The normalized spacial score (nSPS) is 36.0. The molecule has 1 aliphatic rings. The van der Waals surface area contributed by atoms with Crippen molar-refractivity contribution in [1.29, 1.82) is 0 Å². The van der Waals surface area contributed by atoms with E-state index in [9.17, 15) is 5.11 Å². The summed E-state index contributed by atoms with van der Waals surface area (Å²) in [4.78, 5) is 0. The van der Waals surface area contributed by atoms with Crippen LogP contribution in [0.3, 0.4) is 0 Å². The first-order valence-corrected chi connectivity index (χ1v) is 5.33. The fourth-order valence-corrected chi connectivity index (χ4v) is 1.62. The lowest BCUT2D eigenvalue weighted by Gasteiger charge is -2.19.